The smallest absolute Gasteiger partial charge is 0.336 e. The van der Waals surface area contributed by atoms with Gasteiger partial charge in [-0.15, -0.1) is 11.8 Å². The fourth-order valence-corrected chi connectivity index (χ4v) is 3.83. The van der Waals surface area contributed by atoms with Crippen LogP contribution in [0.15, 0.2) is 53.4 Å². The predicted octanol–water partition coefficient (Wildman–Crippen LogP) is 3.14. The molecule has 0 amide bonds. The van der Waals surface area contributed by atoms with Gasteiger partial charge >= 0.3 is 5.97 Å². The van der Waals surface area contributed by atoms with Crippen LogP contribution in [0.2, 0.25) is 0 Å². The van der Waals surface area contributed by atoms with E-state index in [0.717, 1.165) is 4.90 Å². The second-order valence-corrected chi connectivity index (χ2v) is 7.36. The van der Waals surface area contributed by atoms with Crippen LogP contribution in [0.25, 0.3) is 0 Å². The highest BCUT2D eigenvalue weighted by atomic mass is 32.2. The Morgan fingerprint density at radius 2 is 1.23 bits per heavy atom. The van der Waals surface area contributed by atoms with Crippen LogP contribution in [0.4, 0.5) is 11.4 Å². The van der Waals surface area contributed by atoms with E-state index < -0.39 is 17.5 Å². The summed E-state index contributed by atoms with van der Waals surface area (Å²) >= 11 is 1.44. The third-order valence-corrected chi connectivity index (χ3v) is 5.47. The molecule has 0 atom stereocenters. The topological polar surface area (TPSA) is 164 Å². The highest BCUT2D eigenvalue weighted by Crippen LogP contribution is 2.40. The van der Waals surface area contributed by atoms with E-state index in [1.165, 1.54) is 36.0 Å². The van der Waals surface area contributed by atoms with Crippen LogP contribution in [0.3, 0.4) is 0 Å². The molecule has 3 aromatic rings. The van der Waals surface area contributed by atoms with E-state index in [2.05, 4.69) is 0 Å². The second-order valence-electron chi connectivity index (χ2n) is 6.51. The summed E-state index contributed by atoms with van der Waals surface area (Å²) in [7, 11) is 0. The van der Waals surface area contributed by atoms with Crippen LogP contribution in [-0.4, -0.2) is 39.1 Å². The van der Waals surface area contributed by atoms with E-state index in [1.54, 1.807) is 18.2 Å². The van der Waals surface area contributed by atoms with Gasteiger partial charge in [0, 0.05) is 16.3 Å². The first-order valence-electron chi connectivity index (χ1n) is 8.87. The average Bonchev–Trinajstić information content (AvgIpc) is 2.75. The van der Waals surface area contributed by atoms with E-state index in [9.17, 15) is 24.6 Å². The minimum absolute atomic E-state index is 0.0589. The molecule has 0 saturated carbocycles. The van der Waals surface area contributed by atoms with Gasteiger partial charge in [0.05, 0.1) is 27.8 Å². The second kappa shape index (κ2) is 8.41. The number of carboxylic acids is 1. The summed E-state index contributed by atoms with van der Waals surface area (Å²) in [5.41, 5.74) is 11.3. The summed E-state index contributed by atoms with van der Waals surface area (Å²) in [6, 6.07) is 12.1. The number of carbonyl (C=O) groups is 3. The number of fused-ring (bicyclic) bond motifs is 2. The van der Waals surface area contributed by atoms with Gasteiger partial charge in [-0.25, -0.2) is 4.79 Å². The van der Waals surface area contributed by atoms with Gasteiger partial charge in [-0.05, 0) is 42.7 Å². The number of benzene rings is 3. The van der Waals surface area contributed by atoms with E-state index in [1.807, 2.05) is 12.3 Å². The molecule has 7 N–H and O–H groups in total. The molecule has 0 fully saturated rings. The van der Waals surface area contributed by atoms with Crippen molar-refractivity contribution in [3.63, 3.8) is 0 Å². The number of hydrogen-bond donors (Lipinski definition) is 5. The van der Waals surface area contributed by atoms with Crippen molar-refractivity contribution in [3.05, 3.63) is 76.3 Å². The third-order valence-electron chi connectivity index (χ3n) is 4.68. The lowest BCUT2D eigenvalue weighted by Gasteiger charge is -2.21. The summed E-state index contributed by atoms with van der Waals surface area (Å²) in [5.74, 6) is -2.82. The molecule has 0 aliphatic heterocycles. The molecule has 1 aliphatic carbocycles. The molecule has 9 heteroatoms. The molecule has 4 rings (SSSR count). The van der Waals surface area contributed by atoms with Gasteiger partial charge in [-0.1, -0.05) is 12.1 Å². The number of carboxylic acid groups (broad SMARTS) is 1. The number of carbonyl (C=O) groups excluding carboxylic acids is 2. The lowest BCUT2D eigenvalue weighted by atomic mass is 9.81. The Morgan fingerprint density at radius 1 is 0.774 bits per heavy atom. The molecular weight excluding hydrogens is 420 g/mol. The predicted molar refractivity (Wildman–Crippen MR) is 117 cm³/mol. The molecule has 0 heterocycles. The van der Waals surface area contributed by atoms with Crippen LogP contribution in [-0.2, 0) is 0 Å². The Bertz CT molecular complexity index is 1110. The van der Waals surface area contributed by atoms with Crippen molar-refractivity contribution in [2.75, 3.05) is 17.7 Å². The number of thioether (sulfide) groups is 1. The molecule has 0 unspecified atom stereocenters. The van der Waals surface area contributed by atoms with E-state index in [-0.39, 0.29) is 45.1 Å². The quantitative estimate of drug-likeness (QED) is 0.180. The first-order chi connectivity index (χ1) is 14.7. The molecule has 1 aliphatic rings. The summed E-state index contributed by atoms with van der Waals surface area (Å²) in [6.07, 6.45) is 1.86. The third kappa shape index (κ3) is 3.78. The zero-order valence-electron chi connectivity index (χ0n) is 16.2. The Hall–Kier alpha value is -3.98. The van der Waals surface area contributed by atoms with Gasteiger partial charge in [-0.3, -0.25) is 9.59 Å². The van der Waals surface area contributed by atoms with Gasteiger partial charge in [0.15, 0.2) is 0 Å². The number of ketones is 2. The van der Waals surface area contributed by atoms with Gasteiger partial charge in [0.2, 0.25) is 11.6 Å². The van der Waals surface area contributed by atoms with Crippen LogP contribution >= 0.6 is 11.8 Å². The SMILES string of the molecule is CSc1ccccc1C(=O)O.Nc1ccc(O)c2c1C(=O)c1c(O)ccc(N)c1C2=O. The summed E-state index contributed by atoms with van der Waals surface area (Å²) in [4.78, 5) is 36.3. The van der Waals surface area contributed by atoms with Crippen molar-refractivity contribution in [1.82, 2.24) is 0 Å². The fraction of sp³-hybridized carbons (Fsp3) is 0.0455. The zero-order valence-corrected chi connectivity index (χ0v) is 17.1. The lowest BCUT2D eigenvalue weighted by Crippen LogP contribution is -2.24. The molecule has 3 aromatic carbocycles. The van der Waals surface area contributed by atoms with E-state index in [4.69, 9.17) is 16.6 Å². The van der Waals surface area contributed by atoms with Gasteiger partial charge < -0.3 is 26.8 Å². The van der Waals surface area contributed by atoms with Crippen molar-refractivity contribution >= 4 is 40.7 Å². The number of nitrogens with two attached hydrogens (primary N) is 2. The maximum Gasteiger partial charge on any atom is 0.336 e. The van der Waals surface area contributed by atoms with Crippen molar-refractivity contribution in [1.29, 1.82) is 0 Å². The number of rotatable bonds is 2. The van der Waals surface area contributed by atoms with E-state index >= 15 is 0 Å². The Kier molecular flexibility index (Phi) is 5.89. The average molecular weight is 438 g/mol. The molecule has 0 aromatic heterocycles. The fourth-order valence-electron chi connectivity index (χ4n) is 3.24. The normalized spacial score (nSPS) is 11.8. The van der Waals surface area contributed by atoms with Crippen molar-refractivity contribution < 1.29 is 29.7 Å². The van der Waals surface area contributed by atoms with Crippen LogP contribution in [0.5, 0.6) is 11.5 Å². The van der Waals surface area contributed by atoms with Crippen molar-refractivity contribution in [3.8, 4) is 11.5 Å². The highest BCUT2D eigenvalue weighted by molar-refractivity contribution is 7.98. The number of aromatic carboxylic acids is 1. The monoisotopic (exact) mass is 438 g/mol. The largest absolute Gasteiger partial charge is 0.507 e. The number of hydrogen-bond acceptors (Lipinski definition) is 8. The van der Waals surface area contributed by atoms with Gasteiger partial charge in [-0.2, -0.15) is 0 Å². The summed E-state index contributed by atoms with van der Waals surface area (Å²) in [6.45, 7) is 0. The number of aromatic hydroxyl groups is 2. The molecule has 0 bridgehead atoms. The maximum absolute atomic E-state index is 12.4. The Morgan fingerprint density at radius 3 is 1.61 bits per heavy atom. The molecule has 8 nitrogen and oxygen atoms in total. The van der Waals surface area contributed by atoms with Crippen LogP contribution in [0.1, 0.15) is 42.2 Å². The molecule has 158 valence electrons. The van der Waals surface area contributed by atoms with Crippen molar-refractivity contribution in [2.24, 2.45) is 0 Å². The summed E-state index contributed by atoms with van der Waals surface area (Å²) in [5, 5.41) is 28.3. The van der Waals surface area contributed by atoms with Crippen LogP contribution < -0.4 is 11.5 Å². The highest BCUT2D eigenvalue weighted by Gasteiger charge is 2.36. The Balaban J connectivity index is 0.000000210. The number of phenolic OH excluding ortho intramolecular Hbond substituents is 2. The first kappa shape index (κ1) is 21.7. The summed E-state index contributed by atoms with van der Waals surface area (Å²) < 4.78 is 0. The number of nitrogen functional groups attached to an aromatic ring is 2. The molecule has 0 spiro atoms. The molecule has 31 heavy (non-hydrogen) atoms. The minimum Gasteiger partial charge on any atom is -0.507 e. The van der Waals surface area contributed by atoms with Gasteiger partial charge in [0.1, 0.15) is 11.5 Å². The Labute approximate surface area is 181 Å². The standard InChI is InChI=1S/C14H10N2O4.C8H8O2S/c15-5-1-3-7(17)11-9(5)13(19)12-8(18)4-2-6(16)10(12)14(11)20;1-11-7-5-3-2-4-6(7)8(9)10/h1-4,17-18H,15-16H2;2-5H,1H3,(H,9,10). The molecule has 0 saturated heterocycles. The molecular formula is C22H18N2O6S. The first-order valence-corrected chi connectivity index (χ1v) is 10.1. The lowest BCUT2D eigenvalue weighted by molar-refractivity contribution is 0.0692. The zero-order chi connectivity index (χ0) is 22.9. The van der Waals surface area contributed by atoms with Gasteiger partial charge in [0.25, 0.3) is 0 Å². The number of anilines is 2. The minimum atomic E-state index is -0.866. The van der Waals surface area contributed by atoms with E-state index in [0.29, 0.717) is 5.56 Å². The maximum atomic E-state index is 12.4. The van der Waals surface area contributed by atoms with Crippen LogP contribution in [0, 0.1) is 0 Å². The van der Waals surface area contributed by atoms with Crippen molar-refractivity contribution in [2.45, 2.75) is 4.90 Å². The molecule has 0 radical (unpaired) electrons. The number of phenols is 2.